The molecule has 6 heteroatoms. The Kier molecular flexibility index (Phi) is 6.23. The molecular formula is C22H22N2O3S. The average molecular weight is 394 g/mol. The van der Waals surface area contributed by atoms with Crippen molar-refractivity contribution in [2.24, 2.45) is 4.99 Å². The molecule has 0 fully saturated rings. The number of hydrogen-bond donors (Lipinski definition) is 0. The molecule has 5 nitrogen and oxygen atoms in total. The highest BCUT2D eigenvalue weighted by Crippen LogP contribution is 2.21. The average Bonchev–Trinajstić information content (AvgIpc) is 2.73. The largest absolute Gasteiger partial charge is 0.497 e. The quantitative estimate of drug-likeness (QED) is 0.563. The molecule has 3 aromatic rings. The van der Waals surface area contributed by atoms with E-state index >= 15 is 0 Å². The summed E-state index contributed by atoms with van der Waals surface area (Å²) in [5, 5.41) is 0. The monoisotopic (exact) mass is 394 g/mol. The highest BCUT2D eigenvalue weighted by atomic mass is 32.2. The molecule has 0 N–H and O–H groups in total. The number of hydrogen-bond acceptors (Lipinski definition) is 4. The molecule has 0 heterocycles. The zero-order chi connectivity index (χ0) is 20.0. The van der Waals surface area contributed by atoms with Crippen LogP contribution in [0.15, 0.2) is 88.8 Å². The number of benzene rings is 3. The summed E-state index contributed by atoms with van der Waals surface area (Å²) < 4.78 is 32.0. The third-order valence-electron chi connectivity index (χ3n) is 4.27. The Bertz CT molecular complexity index is 1030. The van der Waals surface area contributed by atoms with E-state index in [0.717, 1.165) is 16.9 Å². The molecule has 0 saturated carbocycles. The minimum atomic E-state index is -3.56. The van der Waals surface area contributed by atoms with Crippen LogP contribution < -0.4 is 4.74 Å². The smallest absolute Gasteiger partial charge is 0.243 e. The number of sulfonamides is 1. The second-order valence-electron chi connectivity index (χ2n) is 6.27. The van der Waals surface area contributed by atoms with E-state index in [0.29, 0.717) is 12.2 Å². The molecule has 0 amide bonds. The van der Waals surface area contributed by atoms with Gasteiger partial charge in [-0.05, 0) is 59.7 Å². The summed E-state index contributed by atoms with van der Waals surface area (Å²) in [5.41, 5.74) is 2.55. The lowest BCUT2D eigenvalue weighted by Crippen LogP contribution is -2.26. The summed E-state index contributed by atoms with van der Waals surface area (Å²) in [7, 11) is -0.359. The van der Waals surface area contributed by atoms with Crippen LogP contribution in [0.3, 0.4) is 0 Å². The summed E-state index contributed by atoms with van der Waals surface area (Å²) >= 11 is 0. The van der Waals surface area contributed by atoms with Crippen molar-refractivity contribution in [2.45, 2.75) is 11.4 Å². The molecular weight excluding hydrogens is 372 g/mol. The first-order valence-electron chi connectivity index (χ1n) is 8.77. The molecule has 3 rings (SSSR count). The third-order valence-corrected chi connectivity index (χ3v) is 6.09. The fraction of sp³-hybridized carbons (Fsp3) is 0.136. The van der Waals surface area contributed by atoms with Crippen molar-refractivity contribution in [3.63, 3.8) is 0 Å². The van der Waals surface area contributed by atoms with Gasteiger partial charge in [-0.3, -0.25) is 4.99 Å². The van der Waals surface area contributed by atoms with Crippen LogP contribution in [0.25, 0.3) is 0 Å². The van der Waals surface area contributed by atoms with Crippen LogP contribution in [0.4, 0.5) is 5.69 Å². The van der Waals surface area contributed by atoms with E-state index < -0.39 is 10.0 Å². The van der Waals surface area contributed by atoms with E-state index in [4.69, 9.17) is 4.74 Å². The van der Waals surface area contributed by atoms with Gasteiger partial charge in [-0.15, -0.1) is 0 Å². The predicted molar refractivity (Wildman–Crippen MR) is 112 cm³/mol. The fourth-order valence-electron chi connectivity index (χ4n) is 2.65. The number of nitrogens with zero attached hydrogens (tertiary/aromatic N) is 2. The zero-order valence-corrected chi connectivity index (χ0v) is 16.6. The maximum absolute atomic E-state index is 12.8. The first-order chi connectivity index (χ1) is 13.5. The Morgan fingerprint density at radius 1 is 0.929 bits per heavy atom. The standard InChI is InChI=1S/C22H22N2O3S/c1-24(17-19-6-4-3-5-7-19)28(25,26)22-14-10-20(11-15-22)23-16-18-8-12-21(27-2)13-9-18/h3-16H,17H2,1-2H3. The molecule has 0 aliphatic rings. The molecule has 0 aromatic heterocycles. The van der Waals surface area contributed by atoms with Crippen molar-refractivity contribution < 1.29 is 13.2 Å². The second-order valence-corrected chi connectivity index (χ2v) is 8.32. The van der Waals surface area contributed by atoms with Crippen molar-refractivity contribution in [1.82, 2.24) is 4.31 Å². The van der Waals surface area contributed by atoms with Gasteiger partial charge in [-0.1, -0.05) is 30.3 Å². The number of methoxy groups -OCH3 is 1. The topological polar surface area (TPSA) is 59.0 Å². The predicted octanol–water partition coefficient (Wildman–Crippen LogP) is 4.27. The van der Waals surface area contributed by atoms with Crippen LogP contribution in [0.2, 0.25) is 0 Å². The van der Waals surface area contributed by atoms with Crippen molar-refractivity contribution in [2.75, 3.05) is 14.2 Å². The van der Waals surface area contributed by atoms with Crippen molar-refractivity contribution >= 4 is 21.9 Å². The lowest BCUT2D eigenvalue weighted by Gasteiger charge is -2.17. The number of aliphatic imine (C=N–C) groups is 1. The van der Waals surface area contributed by atoms with E-state index in [-0.39, 0.29) is 4.90 Å². The van der Waals surface area contributed by atoms with E-state index in [2.05, 4.69) is 4.99 Å². The molecule has 0 saturated heterocycles. The van der Waals surface area contributed by atoms with Crippen LogP contribution in [0.5, 0.6) is 5.75 Å². The Balaban J connectivity index is 1.70. The molecule has 0 aliphatic carbocycles. The number of rotatable bonds is 7. The third kappa shape index (κ3) is 4.85. The van der Waals surface area contributed by atoms with Crippen molar-refractivity contribution in [3.8, 4) is 5.75 Å². The molecule has 28 heavy (non-hydrogen) atoms. The van der Waals surface area contributed by atoms with E-state index in [1.165, 1.54) is 4.31 Å². The maximum atomic E-state index is 12.8. The first kappa shape index (κ1) is 19.8. The van der Waals surface area contributed by atoms with Gasteiger partial charge in [0.05, 0.1) is 17.7 Å². The zero-order valence-electron chi connectivity index (χ0n) is 15.8. The molecule has 0 unspecified atom stereocenters. The van der Waals surface area contributed by atoms with E-state index in [1.807, 2.05) is 54.6 Å². The van der Waals surface area contributed by atoms with E-state index in [1.54, 1.807) is 44.6 Å². The van der Waals surface area contributed by atoms with Crippen LogP contribution in [-0.2, 0) is 16.6 Å². The van der Waals surface area contributed by atoms with Gasteiger partial charge in [0.15, 0.2) is 0 Å². The Morgan fingerprint density at radius 3 is 2.18 bits per heavy atom. The van der Waals surface area contributed by atoms with E-state index in [9.17, 15) is 8.42 Å². The molecule has 0 bridgehead atoms. The van der Waals surface area contributed by atoms with Gasteiger partial charge in [0.1, 0.15) is 5.75 Å². The Morgan fingerprint density at radius 2 is 1.57 bits per heavy atom. The van der Waals surface area contributed by atoms with Gasteiger partial charge in [0, 0.05) is 19.8 Å². The Labute approximate surface area is 166 Å². The summed E-state index contributed by atoms with van der Waals surface area (Å²) in [5.74, 6) is 0.784. The highest BCUT2D eigenvalue weighted by molar-refractivity contribution is 7.89. The highest BCUT2D eigenvalue weighted by Gasteiger charge is 2.20. The lowest BCUT2D eigenvalue weighted by atomic mass is 10.2. The molecule has 0 atom stereocenters. The molecule has 144 valence electrons. The summed E-state index contributed by atoms with van der Waals surface area (Å²) in [6.07, 6.45) is 1.73. The van der Waals surface area contributed by atoms with Gasteiger partial charge in [0.2, 0.25) is 10.0 Å². The molecule has 0 aliphatic heterocycles. The van der Waals surface area contributed by atoms with Gasteiger partial charge < -0.3 is 4.74 Å². The van der Waals surface area contributed by atoms with Crippen molar-refractivity contribution in [1.29, 1.82) is 0 Å². The number of ether oxygens (including phenoxy) is 1. The minimum Gasteiger partial charge on any atom is -0.497 e. The van der Waals surface area contributed by atoms with Gasteiger partial charge in [-0.2, -0.15) is 4.31 Å². The van der Waals surface area contributed by atoms with Gasteiger partial charge in [0.25, 0.3) is 0 Å². The summed E-state index contributed by atoms with van der Waals surface area (Å²) in [4.78, 5) is 4.64. The fourth-order valence-corrected chi connectivity index (χ4v) is 3.81. The maximum Gasteiger partial charge on any atom is 0.243 e. The van der Waals surface area contributed by atoms with Crippen LogP contribution >= 0.6 is 0 Å². The van der Waals surface area contributed by atoms with Crippen LogP contribution in [0, 0.1) is 0 Å². The lowest BCUT2D eigenvalue weighted by molar-refractivity contribution is 0.415. The molecule has 3 aromatic carbocycles. The second kappa shape index (κ2) is 8.82. The van der Waals surface area contributed by atoms with Gasteiger partial charge >= 0.3 is 0 Å². The SMILES string of the molecule is COc1ccc(C=Nc2ccc(S(=O)(=O)N(C)Cc3ccccc3)cc2)cc1. The summed E-state index contributed by atoms with van der Waals surface area (Å²) in [6, 6.07) is 23.6. The summed E-state index contributed by atoms with van der Waals surface area (Å²) in [6.45, 7) is 0.320. The molecule has 0 spiro atoms. The van der Waals surface area contributed by atoms with Crippen molar-refractivity contribution in [3.05, 3.63) is 90.0 Å². The molecule has 0 radical (unpaired) electrons. The van der Waals surface area contributed by atoms with Gasteiger partial charge in [-0.25, -0.2) is 8.42 Å². The Hall–Kier alpha value is -2.96. The minimum absolute atomic E-state index is 0.245. The van der Waals surface area contributed by atoms with Crippen LogP contribution in [0.1, 0.15) is 11.1 Å². The normalized spacial score (nSPS) is 11.8. The first-order valence-corrected chi connectivity index (χ1v) is 10.2. The van der Waals surface area contributed by atoms with Crippen LogP contribution in [-0.4, -0.2) is 33.1 Å².